The maximum absolute atomic E-state index is 12.8. The number of hydrogen-bond acceptors (Lipinski definition) is 5. The molecule has 0 aliphatic rings. The van der Waals surface area contributed by atoms with Crippen LogP contribution in [0.2, 0.25) is 0 Å². The Morgan fingerprint density at radius 3 is 2.72 bits per heavy atom. The monoisotopic (exact) mass is 389 g/mol. The number of carbonyl (C=O) groups is 2. The third-order valence-electron chi connectivity index (χ3n) is 4.57. The summed E-state index contributed by atoms with van der Waals surface area (Å²) in [6, 6.07) is 13.6. The summed E-state index contributed by atoms with van der Waals surface area (Å²) in [4.78, 5) is 25.0. The fourth-order valence-electron chi connectivity index (χ4n) is 2.99. The lowest BCUT2D eigenvalue weighted by Crippen LogP contribution is -2.28. The molecule has 3 heterocycles. The molecule has 1 unspecified atom stereocenters. The molecule has 29 heavy (non-hydrogen) atoms. The number of rotatable bonds is 5. The van der Waals surface area contributed by atoms with E-state index in [9.17, 15) is 9.59 Å². The summed E-state index contributed by atoms with van der Waals surface area (Å²) in [6.07, 6.45) is 3.28. The molecule has 0 aliphatic heterocycles. The highest BCUT2D eigenvalue weighted by Gasteiger charge is 2.18. The highest BCUT2D eigenvalue weighted by molar-refractivity contribution is 6.04. The van der Waals surface area contributed by atoms with Gasteiger partial charge in [0.25, 0.3) is 11.8 Å². The number of anilines is 1. The van der Waals surface area contributed by atoms with Gasteiger partial charge >= 0.3 is 0 Å². The van der Waals surface area contributed by atoms with Crippen LogP contribution in [-0.2, 0) is 0 Å². The summed E-state index contributed by atoms with van der Waals surface area (Å²) >= 11 is 0. The van der Waals surface area contributed by atoms with E-state index in [-0.39, 0.29) is 23.6 Å². The largest absolute Gasteiger partial charge is 0.459 e. The van der Waals surface area contributed by atoms with E-state index in [1.165, 1.54) is 6.26 Å². The molecule has 0 bridgehead atoms. The van der Waals surface area contributed by atoms with Crippen molar-refractivity contribution in [2.45, 2.75) is 19.9 Å². The number of carbonyl (C=O) groups excluding carboxylic acids is 2. The van der Waals surface area contributed by atoms with Crippen molar-refractivity contribution in [1.29, 1.82) is 0 Å². The third kappa shape index (κ3) is 3.73. The number of amides is 2. The number of nitrogens with one attached hydrogen (secondary N) is 2. The Bertz CT molecular complexity index is 1180. The van der Waals surface area contributed by atoms with Crippen LogP contribution in [0.15, 0.2) is 65.4 Å². The van der Waals surface area contributed by atoms with Crippen LogP contribution in [0.1, 0.15) is 45.3 Å². The lowest BCUT2D eigenvalue weighted by molar-refractivity contribution is 0.0936. The van der Waals surface area contributed by atoms with E-state index >= 15 is 0 Å². The van der Waals surface area contributed by atoms with Gasteiger partial charge in [-0.2, -0.15) is 0 Å². The number of pyridine rings is 1. The van der Waals surface area contributed by atoms with Gasteiger partial charge in [0.15, 0.2) is 17.2 Å². The Morgan fingerprint density at radius 1 is 1.07 bits per heavy atom. The minimum absolute atomic E-state index is 0.201. The van der Waals surface area contributed by atoms with Crippen molar-refractivity contribution in [2.75, 3.05) is 5.32 Å². The number of benzene rings is 1. The predicted octanol–water partition coefficient (Wildman–Crippen LogP) is 3.37. The number of aryl methyl sites for hydroxylation is 1. The van der Waals surface area contributed by atoms with Gasteiger partial charge in [0.2, 0.25) is 0 Å². The molecule has 0 radical (unpaired) electrons. The Labute approximate surface area is 166 Å². The quantitative estimate of drug-likeness (QED) is 0.545. The van der Waals surface area contributed by atoms with Crippen LogP contribution in [0.3, 0.4) is 0 Å². The second kappa shape index (κ2) is 7.59. The molecule has 0 spiro atoms. The Balaban J connectivity index is 1.52. The van der Waals surface area contributed by atoms with E-state index in [4.69, 9.17) is 4.42 Å². The van der Waals surface area contributed by atoms with Crippen molar-refractivity contribution in [3.63, 3.8) is 0 Å². The van der Waals surface area contributed by atoms with E-state index in [1.54, 1.807) is 30.3 Å². The molecule has 1 aromatic carbocycles. The minimum Gasteiger partial charge on any atom is -0.459 e. The SMILES string of the molecule is Cc1ccc(C(=O)NC(C)c2nnc3ccccn23)cc1NC(=O)c1ccco1. The van der Waals surface area contributed by atoms with Gasteiger partial charge in [0.1, 0.15) is 0 Å². The maximum Gasteiger partial charge on any atom is 0.291 e. The summed E-state index contributed by atoms with van der Waals surface area (Å²) in [5.74, 6) is 0.177. The molecule has 146 valence electrons. The first-order valence-electron chi connectivity index (χ1n) is 9.09. The second-order valence-corrected chi connectivity index (χ2v) is 6.64. The van der Waals surface area contributed by atoms with Crippen molar-refractivity contribution in [1.82, 2.24) is 19.9 Å². The zero-order valence-electron chi connectivity index (χ0n) is 15.9. The molecule has 0 fully saturated rings. The zero-order chi connectivity index (χ0) is 20.4. The van der Waals surface area contributed by atoms with Crippen LogP contribution >= 0.6 is 0 Å². The number of aromatic nitrogens is 3. The normalized spacial score (nSPS) is 11.9. The van der Waals surface area contributed by atoms with Gasteiger partial charge in [-0.25, -0.2) is 0 Å². The van der Waals surface area contributed by atoms with Crippen molar-refractivity contribution in [2.24, 2.45) is 0 Å². The summed E-state index contributed by atoms with van der Waals surface area (Å²) in [5, 5.41) is 14.0. The van der Waals surface area contributed by atoms with E-state index in [2.05, 4.69) is 20.8 Å². The standard InChI is InChI=1S/C21H19N5O3/c1-13-8-9-15(12-16(13)23-21(28)17-6-5-11-29-17)20(27)22-14(2)19-25-24-18-7-3-4-10-26(18)19/h3-12,14H,1-2H3,(H,22,27)(H,23,28). The molecule has 0 saturated carbocycles. The lowest BCUT2D eigenvalue weighted by Gasteiger charge is -2.14. The van der Waals surface area contributed by atoms with Gasteiger partial charge in [-0.15, -0.1) is 10.2 Å². The second-order valence-electron chi connectivity index (χ2n) is 6.64. The van der Waals surface area contributed by atoms with Gasteiger partial charge in [-0.3, -0.25) is 14.0 Å². The van der Waals surface area contributed by atoms with E-state index in [1.807, 2.05) is 42.6 Å². The molecular formula is C21H19N5O3. The summed E-state index contributed by atoms with van der Waals surface area (Å²) in [7, 11) is 0. The molecule has 3 aromatic heterocycles. The number of fused-ring (bicyclic) bond motifs is 1. The topological polar surface area (TPSA) is 102 Å². The molecule has 8 nitrogen and oxygen atoms in total. The highest BCUT2D eigenvalue weighted by atomic mass is 16.3. The smallest absolute Gasteiger partial charge is 0.291 e. The van der Waals surface area contributed by atoms with Crippen molar-refractivity contribution in [3.8, 4) is 0 Å². The average molecular weight is 389 g/mol. The highest BCUT2D eigenvalue weighted by Crippen LogP contribution is 2.19. The van der Waals surface area contributed by atoms with E-state index < -0.39 is 0 Å². The zero-order valence-corrected chi connectivity index (χ0v) is 15.9. The van der Waals surface area contributed by atoms with Crippen LogP contribution < -0.4 is 10.6 Å². The molecule has 0 aliphatic carbocycles. The summed E-state index contributed by atoms with van der Waals surface area (Å²) in [6.45, 7) is 3.69. The lowest BCUT2D eigenvalue weighted by atomic mass is 10.1. The molecule has 4 aromatic rings. The van der Waals surface area contributed by atoms with Gasteiger partial charge in [0.05, 0.1) is 12.3 Å². The van der Waals surface area contributed by atoms with Gasteiger partial charge in [-0.05, 0) is 55.8 Å². The molecule has 8 heteroatoms. The molecule has 4 rings (SSSR count). The van der Waals surface area contributed by atoms with Crippen LogP contribution in [0, 0.1) is 6.92 Å². The minimum atomic E-state index is -0.376. The Morgan fingerprint density at radius 2 is 1.93 bits per heavy atom. The molecule has 0 saturated heterocycles. The molecule has 2 N–H and O–H groups in total. The van der Waals surface area contributed by atoms with E-state index in [0.717, 1.165) is 5.56 Å². The fraction of sp³-hybridized carbons (Fsp3) is 0.143. The van der Waals surface area contributed by atoms with Crippen LogP contribution in [0.25, 0.3) is 5.65 Å². The maximum atomic E-state index is 12.8. The molecule has 1 atom stereocenters. The number of furan rings is 1. The predicted molar refractivity (Wildman–Crippen MR) is 107 cm³/mol. The van der Waals surface area contributed by atoms with Crippen LogP contribution in [0.5, 0.6) is 0 Å². The van der Waals surface area contributed by atoms with Crippen molar-refractivity contribution < 1.29 is 14.0 Å². The average Bonchev–Trinajstić information content (AvgIpc) is 3.39. The van der Waals surface area contributed by atoms with Crippen LogP contribution in [0.4, 0.5) is 5.69 Å². The first-order chi connectivity index (χ1) is 14.0. The first kappa shape index (κ1) is 18.4. The van der Waals surface area contributed by atoms with Gasteiger partial charge in [0, 0.05) is 17.4 Å². The third-order valence-corrected chi connectivity index (χ3v) is 4.57. The van der Waals surface area contributed by atoms with Gasteiger partial charge in [-0.1, -0.05) is 12.1 Å². The van der Waals surface area contributed by atoms with Gasteiger partial charge < -0.3 is 15.1 Å². The Kier molecular flexibility index (Phi) is 4.82. The fourth-order valence-corrected chi connectivity index (χ4v) is 2.99. The molecular weight excluding hydrogens is 370 g/mol. The van der Waals surface area contributed by atoms with Crippen molar-refractivity contribution >= 4 is 23.1 Å². The van der Waals surface area contributed by atoms with E-state index in [0.29, 0.717) is 22.7 Å². The summed E-state index contributed by atoms with van der Waals surface area (Å²) in [5.41, 5.74) is 2.51. The first-order valence-corrected chi connectivity index (χ1v) is 9.09. The number of hydrogen-bond donors (Lipinski definition) is 2. The number of nitrogens with zero attached hydrogens (tertiary/aromatic N) is 3. The summed E-state index contributed by atoms with van der Waals surface area (Å²) < 4.78 is 6.94. The van der Waals surface area contributed by atoms with Crippen LogP contribution in [-0.4, -0.2) is 26.4 Å². The van der Waals surface area contributed by atoms with Crippen molar-refractivity contribution in [3.05, 3.63) is 83.7 Å². The molecule has 2 amide bonds. The Hall–Kier alpha value is -3.94.